The maximum absolute atomic E-state index is 12.2. The minimum atomic E-state index is -0.506. The number of aromatic amines is 1. The van der Waals surface area contributed by atoms with E-state index >= 15 is 0 Å². The van der Waals surface area contributed by atoms with Crippen LogP contribution in [0, 0.1) is 0 Å². The highest BCUT2D eigenvalue weighted by atomic mass is 32.2. The summed E-state index contributed by atoms with van der Waals surface area (Å²) < 4.78 is 5.32. The first kappa shape index (κ1) is 17.6. The van der Waals surface area contributed by atoms with Gasteiger partial charge in [0.25, 0.3) is 11.5 Å². The Morgan fingerprint density at radius 2 is 2.17 bits per heavy atom. The van der Waals surface area contributed by atoms with Crippen LogP contribution in [0.5, 0.6) is 5.75 Å². The molecule has 2 aromatic rings. The molecule has 7 nitrogen and oxygen atoms in total. The summed E-state index contributed by atoms with van der Waals surface area (Å²) in [6.07, 6.45) is 1.68. The van der Waals surface area contributed by atoms with Crippen molar-refractivity contribution in [2.24, 2.45) is 0 Å². The molecule has 0 fully saturated rings. The number of nitrogens with one attached hydrogen (secondary N) is 2. The van der Waals surface area contributed by atoms with Crippen molar-refractivity contribution in [3.63, 3.8) is 0 Å². The molecule has 0 saturated carbocycles. The summed E-state index contributed by atoms with van der Waals surface area (Å²) in [5.74, 6) is 0.755. The molecule has 0 bridgehead atoms. The van der Waals surface area contributed by atoms with Crippen molar-refractivity contribution in [1.29, 1.82) is 0 Å². The number of carbonyl (C=O) groups is 1. The fourth-order valence-electron chi connectivity index (χ4n) is 1.85. The number of thioether (sulfide) groups is 1. The highest BCUT2D eigenvalue weighted by Gasteiger charge is 2.14. The van der Waals surface area contributed by atoms with Gasteiger partial charge in [0.1, 0.15) is 11.4 Å². The molecule has 1 heterocycles. The molecule has 126 valence electrons. The number of aromatic nitrogens is 2. The van der Waals surface area contributed by atoms with Crippen LogP contribution in [0.15, 0.2) is 46.9 Å². The van der Waals surface area contributed by atoms with Crippen molar-refractivity contribution < 1.29 is 9.53 Å². The van der Waals surface area contributed by atoms with Crippen LogP contribution in [-0.4, -0.2) is 28.2 Å². The normalized spacial score (nSPS) is 10.2. The van der Waals surface area contributed by atoms with Gasteiger partial charge in [-0.1, -0.05) is 17.8 Å². The zero-order valence-electron chi connectivity index (χ0n) is 13.2. The Hall–Kier alpha value is -2.74. The lowest BCUT2D eigenvalue weighted by Crippen LogP contribution is -2.23. The number of benzene rings is 1. The lowest BCUT2D eigenvalue weighted by Gasteiger charge is -2.09. The number of nitrogen functional groups attached to an aromatic ring is 1. The number of H-pyrrole nitrogens is 1. The largest absolute Gasteiger partial charge is 0.494 e. The Morgan fingerprint density at radius 3 is 2.75 bits per heavy atom. The van der Waals surface area contributed by atoms with Crippen LogP contribution >= 0.6 is 11.8 Å². The van der Waals surface area contributed by atoms with E-state index < -0.39 is 11.5 Å². The monoisotopic (exact) mass is 346 g/mol. The Labute approximate surface area is 143 Å². The number of carbonyl (C=O) groups excluding carboxylic acids is 1. The summed E-state index contributed by atoms with van der Waals surface area (Å²) in [5, 5.41) is 2.86. The van der Waals surface area contributed by atoms with Crippen LogP contribution < -0.4 is 21.3 Å². The highest BCUT2D eigenvalue weighted by molar-refractivity contribution is 7.99. The highest BCUT2D eigenvalue weighted by Crippen LogP contribution is 2.18. The number of rotatable bonds is 7. The van der Waals surface area contributed by atoms with Crippen LogP contribution in [0.1, 0.15) is 17.3 Å². The van der Waals surface area contributed by atoms with E-state index in [1.54, 1.807) is 30.3 Å². The Bertz CT molecular complexity index is 787. The van der Waals surface area contributed by atoms with Gasteiger partial charge in [-0.2, -0.15) is 0 Å². The number of nitrogens with two attached hydrogens (primary N) is 1. The molecule has 0 spiro atoms. The number of nitrogens with zero attached hydrogens (tertiary/aromatic N) is 1. The summed E-state index contributed by atoms with van der Waals surface area (Å²) in [7, 11) is 0. The van der Waals surface area contributed by atoms with Crippen molar-refractivity contribution >= 4 is 29.2 Å². The molecular weight excluding hydrogens is 328 g/mol. The van der Waals surface area contributed by atoms with E-state index in [0.29, 0.717) is 28.8 Å². The van der Waals surface area contributed by atoms with E-state index in [1.807, 2.05) is 6.92 Å². The van der Waals surface area contributed by atoms with Crippen LogP contribution in [0.2, 0.25) is 0 Å². The zero-order chi connectivity index (χ0) is 17.5. The van der Waals surface area contributed by atoms with Gasteiger partial charge in [0.05, 0.1) is 6.61 Å². The summed E-state index contributed by atoms with van der Waals surface area (Å²) in [5.41, 5.74) is 5.58. The van der Waals surface area contributed by atoms with E-state index in [0.717, 1.165) is 0 Å². The Balaban J connectivity index is 2.16. The molecule has 0 atom stereocenters. The van der Waals surface area contributed by atoms with Gasteiger partial charge in [-0.25, -0.2) is 4.98 Å². The second kappa shape index (κ2) is 8.21. The molecule has 24 heavy (non-hydrogen) atoms. The average Bonchev–Trinajstić information content (AvgIpc) is 2.57. The maximum atomic E-state index is 12.2. The first-order chi connectivity index (χ1) is 11.5. The van der Waals surface area contributed by atoms with Gasteiger partial charge in [0, 0.05) is 11.3 Å². The molecule has 0 saturated heterocycles. The quantitative estimate of drug-likeness (QED) is 0.403. The van der Waals surface area contributed by atoms with Crippen molar-refractivity contribution in [3.8, 4) is 5.75 Å². The number of anilines is 2. The van der Waals surface area contributed by atoms with Gasteiger partial charge in [-0.3, -0.25) is 14.6 Å². The SMILES string of the molecule is C=CCSc1nc(N)c(NC(=O)c2ccc(OCC)cc2)c(=O)[nH]1. The third-order valence-electron chi connectivity index (χ3n) is 2.93. The molecule has 4 N–H and O–H groups in total. The van der Waals surface area contributed by atoms with E-state index in [2.05, 4.69) is 21.9 Å². The van der Waals surface area contributed by atoms with Crippen molar-refractivity contribution in [1.82, 2.24) is 9.97 Å². The Morgan fingerprint density at radius 1 is 1.46 bits per heavy atom. The molecular formula is C16H18N4O3S. The standard InChI is InChI=1S/C16H18N4O3S/c1-3-9-24-16-19-13(17)12(15(22)20-16)18-14(21)10-5-7-11(8-6-10)23-4-2/h3,5-8H,1,4,9H2,2H3,(H,18,21)(H3,17,19,20,22). The van der Waals surface area contributed by atoms with Gasteiger partial charge in [0.2, 0.25) is 0 Å². The topological polar surface area (TPSA) is 110 Å². The van der Waals surface area contributed by atoms with Gasteiger partial charge < -0.3 is 15.8 Å². The molecule has 0 unspecified atom stereocenters. The maximum Gasteiger partial charge on any atom is 0.277 e. The third-order valence-corrected chi connectivity index (χ3v) is 3.80. The van der Waals surface area contributed by atoms with Gasteiger partial charge in [-0.15, -0.1) is 6.58 Å². The Kier molecular flexibility index (Phi) is 6.02. The fourth-order valence-corrected chi connectivity index (χ4v) is 2.45. The predicted octanol–water partition coefficient (Wildman–Crippen LogP) is 2.28. The van der Waals surface area contributed by atoms with Crippen LogP contribution in [0.4, 0.5) is 11.5 Å². The molecule has 0 aliphatic heterocycles. The fraction of sp³-hybridized carbons (Fsp3) is 0.188. The first-order valence-corrected chi connectivity index (χ1v) is 8.21. The van der Waals surface area contributed by atoms with E-state index in [-0.39, 0.29) is 11.5 Å². The lowest BCUT2D eigenvalue weighted by atomic mass is 10.2. The molecule has 8 heteroatoms. The molecule has 1 amide bonds. The van der Waals surface area contributed by atoms with Crippen molar-refractivity contribution in [3.05, 3.63) is 52.8 Å². The third kappa shape index (κ3) is 4.39. The van der Waals surface area contributed by atoms with E-state index in [1.165, 1.54) is 11.8 Å². The van der Waals surface area contributed by atoms with Gasteiger partial charge in [-0.05, 0) is 31.2 Å². The lowest BCUT2D eigenvalue weighted by molar-refractivity contribution is 0.102. The molecule has 0 aliphatic rings. The van der Waals surface area contributed by atoms with Gasteiger partial charge >= 0.3 is 0 Å². The van der Waals surface area contributed by atoms with E-state index in [4.69, 9.17) is 10.5 Å². The minimum absolute atomic E-state index is 0.0374. The minimum Gasteiger partial charge on any atom is -0.494 e. The van der Waals surface area contributed by atoms with Crippen molar-refractivity contribution in [2.75, 3.05) is 23.4 Å². The molecule has 1 aromatic heterocycles. The van der Waals surface area contributed by atoms with Gasteiger partial charge in [0.15, 0.2) is 11.0 Å². The summed E-state index contributed by atoms with van der Waals surface area (Å²) in [4.78, 5) is 30.9. The number of hydrogen-bond donors (Lipinski definition) is 3. The average molecular weight is 346 g/mol. The number of amides is 1. The predicted molar refractivity (Wildman–Crippen MR) is 95.8 cm³/mol. The van der Waals surface area contributed by atoms with E-state index in [9.17, 15) is 9.59 Å². The zero-order valence-corrected chi connectivity index (χ0v) is 14.0. The van der Waals surface area contributed by atoms with Crippen LogP contribution in [0.3, 0.4) is 0 Å². The molecule has 2 rings (SSSR count). The smallest absolute Gasteiger partial charge is 0.277 e. The second-order valence-corrected chi connectivity index (χ2v) is 5.65. The number of hydrogen-bond acceptors (Lipinski definition) is 6. The van der Waals surface area contributed by atoms with Crippen molar-refractivity contribution in [2.45, 2.75) is 12.1 Å². The summed E-state index contributed by atoms with van der Waals surface area (Å²) >= 11 is 1.29. The summed E-state index contributed by atoms with van der Waals surface area (Å²) in [6.45, 7) is 6.01. The van der Waals surface area contributed by atoms with Crippen LogP contribution in [0.25, 0.3) is 0 Å². The molecule has 1 aromatic carbocycles. The second-order valence-electron chi connectivity index (χ2n) is 4.64. The molecule has 0 radical (unpaired) electrons. The summed E-state index contributed by atoms with van der Waals surface area (Å²) in [6, 6.07) is 6.57. The number of ether oxygens (including phenoxy) is 1. The van der Waals surface area contributed by atoms with Crippen LogP contribution in [-0.2, 0) is 0 Å². The first-order valence-electron chi connectivity index (χ1n) is 7.22. The molecule has 0 aliphatic carbocycles.